The highest BCUT2D eigenvalue weighted by molar-refractivity contribution is 7.89. The summed E-state index contributed by atoms with van der Waals surface area (Å²) in [6.07, 6.45) is 3.78. The Morgan fingerprint density at radius 3 is 2.38 bits per heavy atom. The summed E-state index contributed by atoms with van der Waals surface area (Å²) < 4.78 is 27.9. The number of nitrogens with zero attached hydrogens (tertiary/aromatic N) is 2. The summed E-state index contributed by atoms with van der Waals surface area (Å²) in [6.45, 7) is 6.86. The molecule has 0 saturated carbocycles. The van der Waals surface area contributed by atoms with Crippen LogP contribution in [-0.4, -0.2) is 43.7 Å². The molecule has 0 bridgehead atoms. The summed E-state index contributed by atoms with van der Waals surface area (Å²) in [5.41, 5.74) is 3.48. The lowest BCUT2D eigenvalue weighted by Gasteiger charge is -2.34. The molecule has 2 amide bonds. The molecule has 4 rings (SSSR count). The third-order valence-corrected chi connectivity index (χ3v) is 8.75. The van der Waals surface area contributed by atoms with Crippen LogP contribution < -0.4 is 10.2 Å². The van der Waals surface area contributed by atoms with Crippen molar-refractivity contribution >= 4 is 33.2 Å². The fourth-order valence-electron chi connectivity index (χ4n) is 5.03. The van der Waals surface area contributed by atoms with Gasteiger partial charge < -0.3 is 10.2 Å². The van der Waals surface area contributed by atoms with Crippen molar-refractivity contribution in [2.75, 3.05) is 23.3 Å². The van der Waals surface area contributed by atoms with Gasteiger partial charge in [0.1, 0.15) is 0 Å². The molecule has 0 aromatic heterocycles. The van der Waals surface area contributed by atoms with Crippen LogP contribution in [0.15, 0.2) is 47.4 Å². The SMILES string of the molecule is CCC1CCCCN1S(=O)(=O)c1ccc(NC(=O)C2CC(=O)N(c3cc(C)cc(C)c3)C2)cc1. The molecule has 8 heteroatoms. The normalized spacial score (nSPS) is 21.6. The highest BCUT2D eigenvalue weighted by Crippen LogP contribution is 2.29. The molecule has 2 aliphatic heterocycles. The van der Waals surface area contributed by atoms with E-state index in [1.54, 1.807) is 33.5 Å². The third-order valence-electron chi connectivity index (χ3n) is 6.79. The fraction of sp³-hybridized carbons (Fsp3) is 0.462. The number of sulfonamides is 1. The Labute approximate surface area is 202 Å². The van der Waals surface area contributed by atoms with Gasteiger partial charge in [0.2, 0.25) is 21.8 Å². The van der Waals surface area contributed by atoms with E-state index in [0.29, 0.717) is 18.8 Å². The van der Waals surface area contributed by atoms with Gasteiger partial charge >= 0.3 is 0 Å². The van der Waals surface area contributed by atoms with E-state index in [4.69, 9.17) is 0 Å². The predicted octanol–water partition coefficient (Wildman–Crippen LogP) is 4.25. The number of rotatable bonds is 6. The molecule has 2 heterocycles. The average Bonchev–Trinajstić information content (AvgIpc) is 3.20. The summed E-state index contributed by atoms with van der Waals surface area (Å²) in [5.74, 6) is -0.771. The molecule has 2 aromatic rings. The van der Waals surface area contributed by atoms with Gasteiger partial charge in [-0.15, -0.1) is 0 Å². The van der Waals surface area contributed by atoms with E-state index in [1.807, 2.05) is 39.0 Å². The molecule has 2 unspecified atom stereocenters. The molecule has 182 valence electrons. The van der Waals surface area contributed by atoms with Crippen molar-refractivity contribution in [1.82, 2.24) is 4.31 Å². The Bertz CT molecular complexity index is 1160. The third kappa shape index (κ3) is 5.03. The Hall–Kier alpha value is -2.71. The Kier molecular flexibility index (Phi) is 7.09. The molecular formula is C26H33N3O4S. The summed E-state index contributed by atoms with van der Waals surface area (Å²) in [7, 11) is -3.57. The molecule has 0 aliphatic carbocycles. The number of nitrogens with one attached hydrogen (secondary N) is 1. The molecule has 2 saturated heterocycles. The number of benzene rings is 2. The van der Waals surface area contributed by atoms with Crippen LogP contribution >= 0.6 is 0 Å². The number of carbonyl (C=O) groups excluding carboxylic acids is 2. The van der Waals surface area contributed by atoms with E-state index >= 15 is 0 Å². The summed E-state index contributed by atoms with van der Waals surface area (Å²) >= 11 is 0. The average molecular weight is 484 g/mol. The maximum Gasteiger partial charge on any atom is 0.243 e. The van der Waals surface area contributed by atoms with Crippen LogP contribution in [0.5, 0.6) is 0 Å². The zero-order valence-corrected chi connectivity index (χ0v) is 20.9. The van der Waals surface area contributed by atoms with Crippen molar-refractivity contribution in [3.05, 3.63) is 53.6 Å². The Balaban J connectivity index is 1.42. The fourth-order valence-corrected chi connectivity index (χ4v) is 6.79. The van der Waals surface area contributed by atoms with Crippen LogP contribution in [0.1, 0.15) is 50.2 Å². The smallest absolute Gasteiger partial charge is 0.243 e. The van der Waals surface area contributed by atoms with Crippen LogP contribution in [-0.2, 0) is 19.6 Å². The second kappa shape index (κ2) is 9.88. The standard InChI is InChI=1S/C26H33N3O4S/c1-4-22-7-5-6-12-29(22)34(32,33)24-10-8-21(9-11-24)27-26(31)20-16-25(30)28(17-20)23-14-18(2)13-19(3)15-23/h8-11,13-15,20,22H,4-7,12,16-17H2,1-3H3,(H,27,31). The van der Waals surface area contributed by atoms with Crippen LogP contribution in [0, 0.1) is 19.8 Å². The number of hydrogen-bond donors (Lipinski definition) is 1. The Morgan fingerprint density at radius 2 is 1.74 bits per heavy atom. The topological polar surface area (TPSA) is 86.8 Å². The largest absolute Gasteiger partial charge is 0.326 e. The van der Waals surface area contributed by atoms with Crippen molar-refractivity contribution in [3.8, 4) is 0 Å². The number of anilines is 2. The van der Waals surface area contributed by atoms with E-state index in [-0.39, 0.29) is 29.2 Å². The van der Waals surface area contributed by atoms with Crippen LogP contribution in [0.4, 0.5) is 11.4 Å². The summed E-state index contributed by atoms with van der Waals surface area (Å²) in [4.78, 5) is 27.4. The van der Waals surface area contributed by atoms with Gasteiger partial charge in [-0.05, 0) is 80.6 Å². The highest BCUT2D eigenvalue weighted by atomic mass is 32.2. The maximum atomic E-state index is 13.1. The molecular weight excluding hydrogens is 450 g/mol. The van der Waals surface area contributed by atoms with Gasteiger partial charge in [0, 0.05) is 36.9 Å². The van der Waals surface area contributed by atoms with E-state index in [9.17, 15) is 18.0 Å². The highest BCUT2D eigenvalue weighted by Gasteiger charge is 2.36. The van der Waals surface area contributed by atoms with E-state index in [1.165, 1.54) is 0 Å². The number of amides is 2. The van der Waals surface area contributed by atoms with E-state index in [0.717, 1.165) is 42.5 Å². The number of carbonyl (C=O) groups is 2. The first-order valence-electron chi connectivity index (χ1n) is 12.0. The molecule has 2 fully saturated rings. The lowest BCUT2D eigenvalue weighted by molar-refractivity contribution is -0.122. The molecule has 0 radical (unpaired) electrons. The number of aryl methyl sites for hydroxylation is 2. The molecule has 0 spiro atoms. The number of hydrogen-bond acceptors (Lipinski definition) is 4. The quantitative estimate of drug-likeness (QED) is 0.666. The van der Waals surface area contributed by atoms with Crippen LogP contribution in [0.2, 0.25) is 0 Å². The molecule has 2 atom stereocenters. The van der Waals surface area contributed by atoms with E-state index in [2.05, 4.69) is 5.32 Å². The zero-order valence-electron chi connectivity index (χ0n) is 20.1. The van der Waals surface area contributed by atoms with Crippen molar-refractivity contribution in [2.45, 2.75) is 63.8 Å². The summed E-state index contributed by atoms with van der Waals surface area (Å²) in [5, 5.41) is 2.85. The first-order chi connectivity index (χ1) is 16.2. The van der Waals surface area contributed by atoms with Crippen molar-refractivity contribution < 1.29 is 18.0 Å². The molecule has 2 aromatic carbocycles. The van der Waals surface area contributed by atoms with Crippen LogP contribution in [0.25, 0.3) is 0 Å². The van der Waals surface area contributed by atoms with Gasteiger partial charge in [0.15, 0.2) is 0 Å². The zero-order chi connectivity index (χ0) is 24.5. The van der Waals surface area contributed by atoms with Gasteiger partial charge in [0.05, 0.1) is 10.8 Å². The molecule has 1 N–H and O–H groups in total. The lowest BCUT2D eigenvalue weighted by atomic mass is 10.0. The first kappa shape index (κ1) is 24.4. The monoisotopic (exact) mass is 483 g/mol. The van der Waals surface area contributed by atoms with Crippen molar-refractivity contribution in [2.24, 2.45) is 5.92 Å². The molecule has 34 heavy (non-hydrogen) atoms. The Morgan fingerprint density at radius 1 is 1.06 bits per heavy atom. The second-order valence-electron chi connectivity index (χ2n) is 9.44. The minimum atomic E-state index is -3.57. The first-order valence-corrected chi connectivity index (χ1v) is 13.4. The van der Waals surface area contributed by atoms with Gasteiger partial charge in [-0.1, -0.05) is 19.4 Å². The van der Waals surface area contributed by atoms with E-state index < -0.39 is 15.9 Å². The van der Waals surface area contributed by atoms with Crippen molar-refractivity contribution in [3.63, 3.8) is 0 Å². The maximum absolute atomic E-state index is 13.1. The minimum absolute atomic E-state index is 0.0400. The van der Waals surface area contributed by atoms with Crippen LogP contribution in [0.3, 0.4) is 0 Å². The molecule has 7 nitrogen and oxygen atoms in total. The minimum Gasteiger partial charge on any atom is -0.326 e. The predicted molar refractivity (Wildman–Crippen MR) is 133 cm³/mol. The summed E-state index contributed by atoms with van der Waals surface area (Å²) in [6, 6.07) is 12.3. The van der Waals surface area contributed by atoms with Gasteiger partial charge in [-0.2, -0.15) is 4.31 Å². The van der Waals surface area contributed by atoms with Crippen molar-refractivity contribution in [1.29, 1.82) is 0 Å². The molecule has 2 aliphatic rings. The lowest BCUT2D eigenvalue weighted by Crippen LogP contribution is -2.43. The van der Waals surface area contributed by atoms with Gasteiger partial charge in [-0.3, -0.25) is 9.59 Å². The van der Waals surface area contributed by atoms with Gasteiger partial charge in [0.25, 0.3) is 0 Å². The second-order valence-corrected chi connectivity index (χ2v) is 11.3. The number of piperidine rings is 1. The van der Waals surface area contributed by atoms with Gasteiger partial charge in [-0.25, -0.2) is 8.42 Å².